The zero-order valence-electron chi connectivity index (χ0n) is 10.5. The maximum Gasteiger partial charge on any atom is 0.119 e. The second-order valence-electron chi connectivity index (χ2n) is 4.73. The summed E-state index contributed by atoms with van der Waals surface area (Å²) >= 11 is 3.40. The Morgan fingerprint density at radius 2 is 1.89 bits per heavy atom. The highest BCUT2D eigenvalue weighted by atomic mass is 79.9. The Morgan fingerprint density at radius 1 is 1.22 bits per heavy atom. The first-order valence-electron chi connectivity index (χ1n) is 6.53. The van der Waals surface area contributed by atoms with Gasteiger partial charge in [-0.3, -0.25) is 0 Å². The number of ether oxygens (including phenoxy) is 1. The second-order valence-corrected chi connectivity index (χ2v) is 5.64. The van der Waals surface area contributed by atoms with E-state index < -0.39 is 0 Å². The van der Waals surface area contributed by atoms with Crippen LogP contribution in [0.2, 0.25) is 0 Å². The molecule has 1 aliphatic heterocycles. The highest BCUT2D eigenvalue weighted by Crippen LogP contribution is 2.16. The van der Waals surface area contributed by atoms with Gasteiger partial charge in [0.1, 0.15) is 5.75 Å². The summed E-state index contributed by atoms with van der Waals surface area (Å²) in [7, 11) is 0. The predicted molar refractivity (Wildman–Crippen MR) is 75.9 cm³/mol. The summed E-state index contributed by atoms with van der Waals surface area (Å²) in [4.78, 5) is 2.40. The molecule has 0 saturated carbocycles. The first-order chi connectivity index (χ1) is 8.74. The van der Waals surface area contributed by atoms with Crippen LogP contribution in [0.25, 0.3) is 0 Å². The molecule has 0 atom stereocenters. The molecule has 1 aliphatic rings. The number of halogens is 1. The summed E-state index contributed by atoms with van der Waals surface area (Å²) in [6.45, 7) is 3.84. The number of aliphatic hydroxyl groups is 1. The smallest absolute Gasteiger partial charge is 0.119 e. The molecule has 4 heteroatoms. The van der Waals surface area contributed by atoms with Crippen LogP contribution in [0.1, 0.15) is 19.3 Å². The number of benzene rings is 1. The van der Waals surface area contributed by atoms with Crippen LogP contribution in [0.15, 0.2) is 28.7 Å². The fourth-order valence-corrected chi connectivity index (χ4v) is 2.42. The van der Waals surface area contributed by atoms with E-state index in [-0.39, 0.29) is 6.10 Å². The van der Waals surface area contributed by atoms with Crippen molar-refractivity contribution in [3.8, 4) is 5.75 Å². The van der Waals surface area contributed by atoms with Crippen molar-refractivity contribution in [1.82, 2.24) is 4.90 Å². The number of nitrogens with zero attached hydrogens (tertiary/aromatic N) is 1. The topological polar surface area (TPSA) is 32.7 Å². The van der Waals surface area contributed by atoms with E-state index in [0.717, 1.165) is 55.7 Å². The quantitative estimate of drug-likeness (QED) is 0.848. The summed E-state index contributed by atoms with van der Waals surface area (Å²) in [6, 6.07) is 7.92. The summed E-state index contributed by atoms with van der Waals surface area (Å²) in [5.74, 6) is 0.923. The fraction of sp³-hybridized carbons (Fsp3) is 0.571. The Kier molecular flexibility index (Phi) is 5.47. The van der Waals surface area contributed by atoms with Crippen molar-refractivity contribution >= 4 is 15.9 Å². The predicted octanol–water partition coefficient (Wildman–Crippen LogP) is 2.67. The minimum absolute atomic E-state index is 0.0831. The van der Waals surface area contributed by atoms with Crippen LogP contribution >= 0.6 is 15.9 Å². The Hall–Kier alpha value is -0.580. The van der Waals surface area contributed by atoms with E-state index in [1.165, 1.54) is 0 Å². The lowest BCUT2D eigenvalue weighted by Gasteiger charge is -2.29. The Balaban J connectivity index is 1.60. The molecule has 0 aliphatic carbocycles. The number of likely N-dealkylation sites (tertiary alicyclic amines) is 1. The van der Waals surface area contributed by atoms with Gasteiger partial charge in [-0.25, -0.2) is 0 Å². The molecule has 100 valence electrons. The summed E-state index contributed by atoms with van der Waals surface area (Å²) < 4.78 is 6.75. The molecule has 1 heterocycles. The van der Waals surface area contributed by atoms with Gasteiger partial charge in [-0.05, 0) is 43.5 Å². The summed E-state index contributed by atoms with van der Waals surface area (Å²) in [5, 5.41) is 9.41. The van der Waals surface area contributed by atoms with Gasteiger partial charge in [-0.2, -0.15) is 0 Å². The molecule has 1 fully saturated rings. The van der Waals surface area contributed by atoms with Gasteiger partial charge in [-0.1, -0.05) is 15.9 Å². The van der Waals surface area contributed by atoms with E-state index in [1.807, 2.05) is 24.3 Å². The molecule has 3 nitrogen and oxygen atoms in total. The first-order valence-corrected chi connectivity index (χ1v) is 7.32. The normalized spacial score (nSPS) is 17.9. The van der Waals surface area contributed by atoms with E-state index in [9.17, 15) is 5.11 Å². The highest BCUT2D eigenvalue weighted by Gasteiger charge is 2.15. The van der Waals surface area contributed by atoms with Crippen molar-refractivity contribution in [2.24, 2.45) is 0 Å². The van der Waals surface area contributed by atoms with Gasteiger partial charge in [0.25, 0.3) is 0 Å². The molecule has 18 heavy (non-hydrogen) atoms. The van der Waals surface area contributed by atoms with E-state index in [0.29, 0.717) is 0 Å². The zero-order chi connectivity index (χ0) is 12.8. The largest absolute Gasteiger partial charge is 0.494 e. The maximum absolute atomic E-state index is 9.41. The van der Waals surface area contributed by atoms with Crippen LogP contribution in [0.3, 0.4) is 0 Å². The van der Waals surface area contributed by atoms with Crippen LogP contribution in [0, 0.1) is 0 Å². The molecular formula is C14H20BrNO2. The fourth-order valence-electron chi connectivity index (χ4n) is 2.15. The second kappa shape index (κ2) is 7.12. The van der Waals surface area contributed by atoms with Crippen LogP contribution in [0.5, 0.6) is 5.75 Å². The minimum Gasteiger partial charge on any atom is -0.494 e. The number of piperidine rings is 1. The molecule has 0 radical (unpaired) electrons. The average molecular weight is 314 g/mol. The Morgan fingerprint density at radius 3 is 2.56 bits per heavy atom. The molecule has 0 spiro atoms. The lowest BCUT2D eigenvalue weighted by Crippen LogP contribution is -2.36. The van der Waals surface area contributed by atoms with Crippen molar-refractivity contribution in [3.63, 3.8) is 0 Å². The molecule has 1 aromatic carbocycles. The van der Waals surface area contributed by atoms with Crippen molar-refractivity contribution in [2.75, 3.05) is 26.2 Å². The molecular weight excluding hydrogens is 294 g/mol. The van der Waals surface area contributed by atoms with E-state index in [1.54, 1.807) is 0 Å². The lowest BCUT2D eigenvalue weighted by atomic mass is 10.1. The minimum atomic E-state index is -0.0831. The third kappa shape index (κ3) is 4.59. The Bertz CT molecular complexity index is 347. The number of rotatable bonds is 5. The van der Waals surface area contributed by atoms with Crippen LogP contribution in [-0.4, -0.2) is 42.4 Å². The van der Waals surface area contributed by atoms with Crippen LogP contribution < -0.4 is 4.74 Å². The molecule has 1 saturated heterocycles. The molecule has 2 rings (SSSR count). The Labute approximate surface area is 117 Å². The van der Waals surface area contributed by atoms with E-state index in [2.05, 4.69) is 20.8 Å². The molecule has 0 aromatic heterocycles. The zero-order valence-corrected chi connectivity index (χ0v) is 12.1. The van der Waals surface area contributed by atoms with Crippen molar-refractivity contribution < 1.29 is 9.84 Å². The number of hydrogen-bond donors (Lipinski definition) is 1. The first kappa shape index (κ1) is 13.8. The molecule has 1 N–H and O–H groups in total. The van der Waals surface area contributed by atoms with Crippen LogP contribution in [0.4, 0.5) is 0 Å². The molecule has 0 bridgehead atoms. The standard InChI is InChI=1S/C14H20BrNO2/c15-12-2-4-14(5-3-12)18-11-1-8-16-9-6-13(17)7-10-16/h2-5,13,17H,1,6-11H2. The van der Waals surface area contributed by atoms with Crippen molar-refractivity contribution in [3.05, 3.63) is 28.7 Å². The van der Waals surface area contributed by atoms with E-state index in [4.69, 9.17) is 4.74 Å². The molecule has 1 aromatic rings. The summed E-state index contributed by atoms with van der Waals surface area (Å²) in [5.41, 5.74) is 0. The molecule has 0 amide bonds. The van der Waals surface area contributed by atoms with Crippen molar-refractivity contribution in [2.45, 2.75) is 25.4 Å². The van der Waals surface area contributed by atoms with Crippen molar-refractivity contribution in [1.29, 1.82) is 0 Å². The van der Waals surface area contributed by atoms with Gasteiger partial charge < -0.3 is 14.7 Å². The molecule has 0 unspecified atom stereocenters. The number of hydrogen-bond acceptors (Lipinski definition) is 3. The lowest BCUT2D eigenvalue weighted by molar-refractivity contribution is 0.0800. The van der Waals surface area contributed by atoms with E-state index >= 15 is 0 Å². The SMILES string of the molecule is OC1CCN(CCCOc2ccc(Br)cc2)CC1. The van der Waals surface area contributed by atoms with Gasteiger partial charge in [0, 0.05) is 24.1 Å². The van der Waals surface area contributed by atoms with Gasteiger partial charge in [-0.15, -0.1) is 0 Å². The van der Waals surface area contributed by atoms with Gasteiger partial charge in [0.15, 0.2) is 0 Å². The van der Waals surface area contributed by atoms with Gasteiger partial charge >= 0.3 is 0 Å². The number of aliphatic hydroxyl groups excluding tert-OH is 1. The van der Waals surface area contributed by atoms with Gasteiger partial charge in [0.2, 0.25) is 0 Å². The van der Waals surface area contributed by atoms with Crippen LogP contribution in [-0.2, 0) is 0 Å². The maximum atomic E-state index is 9.41. The monoisotopic (exact) mass is 313 g/mol. The third-order valence-electron chi connectivity index (χ3n) is 3.26. The van der Waals surface area contributed by atoms with Gasteiger partial charge in [0.05, 0.1) is 12.7 Å². The highest BCUT2D eigenvalue weighted by molar-refractivity contribution is 9.10. The third-order valence-corrected chi connectivity index (χ3v) is 3.79. The summed E-state index contributed by atoms with van der Waals surface area (Å²) in [6.07, 6.45) is 2.77. The average Bonchev–Trinajstić information content (AvgIpc) is 2.39.